The summed E-state index contributed by atoms with van der Waals surface area (Å²) in [5.41, 5.74) is 2.38. The SMILES string of the molecule is CCNC(c1ccc(C)s1)c1cn(C)nc1C. The second-order valence-electron chi connectivity index (χ2n) is 4.28. The van der Waals surface area contributed by atoms with E-state index in [4.69, 9.17) is 0 Å². The zero-order valence-corrected chi connectivity index (χ0v) is 11.6. The Kier molecular flexibility index (Phi) is 3.64. The first-order valence-corrected chi connectivity index (χ1v) is 6.73. The smallest absolute Gasteiger partial charge is 0.0704 e. The molecule has 17 heavy (non-hydrogen) atoms. The van der Waals surface area contributed by atoms with Crippen LogP contribution in [0, 0.1) is 13.8 Å². The van der Waals surface area contributed by atoms with E-state index < -0.39 is 0 Å². The van der Waals surface area contributed by atoms with Crippen molar-refractivity contribution in [3.63, 3.8) is 0 Å². The van der Waals surface area contributed by atoms with Crippen LogP contribution in [-0.4, -0.2) is 16.3 Å². The first-order chi connectivity index (χ1) is 8.11. The number of rotatable bonds is 4. The number of hydrogen-bond acceptors (Lipinski definition) is 3. The minimum absolute atomic E-state index is 0.271. The Morgan fingerprint density at radius 3 is 2.65 bits per heavy atom. The lowest BCUT2D eigenvalue weighted by molar-refractivity contribution is 0.636. The van der Waals surface area contributed by atoms with Gasteiger partial charge in [-0.05, 0) is 32.5 Å². The number of aryl methyl sites for hydroxylation is 3. The summed E-state index contributed by atoms with van der Waals surface area (Å²) in [5, 5.41) is 7.97. The van der Waals surface area contributed by atoms with Gasteiger partial charge in [0.05, 0.1) is 11.7 Å². The van der Waals surface area contributed by atoms with Crippen LogP contribution in [0.15, 0.2) is 18.3 Å². The Bertz CT molecular complexity index is 498. The predicted molar refractivity (Wildman–Crippen MR) is 72.5 cm³/mol. The predicted octanol–water partition coefficient (Wildman–Crippen LogP) is 2.80. The van der Waals surface area contributed by atoms with Crippen molar-refractivity contribution in [1.29, 1.82) is 0 Å². The third kappa shape index (κ3) is 2.58. The molecule has 1 N–H and O–H groups in total. The van der Waals surface area contributed by atoms with Crippen LogP contribution >= 0.6 is 11.3 Å². The van der Waals surface area contributed by atoms with Crippen LogP contribution in [0.1, 0.15) is 34.0 Å². The average Bonchev–Trinajstić information content (AvgIpc) is 2.82. The topological polar surface area (TPSA) is 29.9 Å². The molecule has 2 rings (SSSR count). The monoisotopic (exact) mass is 249 g/mol. The molecule has 2 aromatic rings. The van der Waals surface area contributed by atoms with Crippen molar-refractivity contribution < 1.29 is 0 Å². The molecule has 0 fully saturated rings. The maximum absolute atomic E-state index is 4.43. The van der Waals surface area contributed by atoms with E-state index in [1.165, 1.54) is 15.3 Å². The van der Waals surface area contributed by atoms with E-state index in [1.54, 1.807) is 0 Å². The highest BCUT2D eigenvalue weighted by molar-refractivity contribution is 7.12. The molecule has 0 bridgehead atoms. The van der Waals surface area contributed by atoms with Crippen LogP contribution in [0.25, 0.3) is 0 Å². The van der Waals surface area contributed by atoms with Gasteiger partial charge in [0.15, 0.2) is 0 Å². The van der Waals surface area contributed by atoms with Crippen molar-refractivity contribution in [2.24, 2.45) is 7.05 Å². The molecule has 1 atom stereocenters. The number of nitrogens with zero attached hydrogens (tertiary/aromatic N) is 2. The molecule has 0 saturated heterocycles. The molecule has 4 heteroatoms. The van der Waals surface area contributed by atoms with E-state index in [9.17, 15) is 0 Å². The van der Waals surface area contributed by atoms with Crippen molar-refractivity contribution >= 4 is 11.3 Å². The summed E-state index contributed by atoms with van der Waals surface area (Å²) >= 11 is 1.85. The lowest BCUT2D eigenvalue weighted by Crippen LogP contribution is -2.21. The normalized spacial score (nSPS) is 12.9. The van der Waals surface area contributed by atoms with Crippen molar-refractivity contribution in [3.8, 4) is 0 Å². The van der Waals surface area contributed by atoms with Crippen LogP contribution in [0.4, 0.5) is 0 Å². The molecule has 0 aliphatic heterocycles. The summed E-state index contributed by atoms with van der Waals surface area (Å²) in [6, 6.07) is 4.66. The zero-order valence-electron chi connectivity index (χ0n) is 10.8. The Morgan fingerprint density at radius 2 is 2.18 bits per heavy atom. The third-order valence-corrected chi connectivity index (χ3v) is 3.88. The molecule has 0 saturated carbocycles. The standard InChI is InChI=1S/C13H19N3S/c1-5-14-13(12-7-6-9(2)17-12)11-8-16(4)15-10(11)3/h6-8,13-14H,5H2,1-4H3. The minimum Gasteiger partial charge on any atom is -0.306 e. The molecule has 3 nitrogen and oxygen atoms in total. The van der Waals surface area contributed by atoms with E-state index in [0.717, 1.165) is 12.2 Å². The molecule has 0 aliphatic rings. The van der Waals surface area contributed by atoms with Crippen LogP contribution < -0.4 is 5.32 Å². The van der Waals surface area contributed by atoms with Gasteiger partial charge in [0, 0.05) is 28.6 Å². The second kappa shape index (κ2) is 5.02. The van der Waals surface area contributed by atoms with E-state index in [1.807, 2.05) is 23.1 Å². The van der Waals surface area contributed by atoms with E-state index in [2.05, 4.69) is 49.5 Å². The van der Waals surface area contributed by atoms with Crippen LogP contribution in [0.2, 0.25) is 0 Å². The van der Waals surface area contributed by atoms with E-state index >= 15 is 0 Å². The maximum Gasteiger partial charge on any atom is 0.0704 e. The molecule has 92 valence electrons. The zero-order chi connectivity index (χ0) is 12.4. The first kappa shape index (κ1) is 12.3. The van der Waals surface area contributed by atoms with Crippen molar-refractivity contribution in [2.75, 3.05) is 6.54 Å². The van der Waals surface area contributed by atoms with Gasteiger partial charge in [-0.1, -0.05) is 6.92 Å². The average molecular weight is 249 g/mol. The Hall–Kier alpha value is -1.13. The molecule has 0 aromatic carbocycles. The fraction of sp³-hybridized carbons (Fsp3) is 0.462. The molecule has 0 aliphatic carbocycles. The summed E-state index contributed by atoms with van der Waals surface area (Å²) in [5.74, 6) is 0. The number of hydrogen-bond donors (Lipinski definition) is 1. The van der Waals surface area contributed by atoms with Gasteiger partial charge in [0.2, 0.25) is 0 Å². The number of thiophene rings is 1. The summed E-state index contributed by atoms with van der Waals surface area (Å²) in [7, 11) is 1.97. The number of aromatic nitrogens is 2. The van der Waals surface area contributed by atoms with Gasteiger partial charge in [-0.2, -0.15) is 5.10 Å². The Balaban J connectivity index is 2.38. The summed E-state index contributed by atoms with van der Waals surface area (Å²) in [6.45, 7) is 7.31. The van der Waals surface area contributed by atoms with Gasteiger partial charge < -0.3 is 5.32 Å². The van der Waals surface area contributed by atoms with Crippen molar-refractivity contribution in [1.82, 2.24) is 15.1 Å². The molecule has 0 radical (unpaired) electrons. The van der Waals surface area contributed by atoms with Gasteiger partial charge in [-0.25, -0.2) is 0 Å². The summed E-state index contributed by atoms with van der Waals surface area (Å²) in [4.78, 5) is 2.71. The van der Waals surface area contributed by atoms with Gasteiger partial charge in [0.25, 0.3) is 0 Å². The highest BCUT2D eigenvalue weighted by atomic mass is 32.1. The molecule has 2 aromatic heterocycles. The lowest BCUT2D eigenvalue weighted by Gasteiger charge is -2.15. The number of nitrogens with one attached hydrogen (secondary N) is 1. The van der Waals surface area contributed by atoms with Gasteiger partial charge in [0.1, 0.15) is 0 Å². The highest BCUT2D eigenvalue weighted by Gasteiger charge is 2.18. The van der Waals surface area contributed by atoms with Gasteiger partial charge in [-0.3, -0.25) is 4.68 Å². The van der Waals surface area contributed by atoms with Crippen LogP contribution in [-0.2, 0) is 7.05 Å². The Labute approximate surface area is 106 Å². The first-order valence-electron chi connectivity index (χ1n) is 5.91. The fourth-order valence-electron chi connectivity index (χ4n) is 2.08. The largest absolute Gasteiger partial charge is 0.306 e. The van der Waals surface area contributed by atoms with E-state index in [-0.39, 0.29) is 6.04 Å². The minimum atomic E-state index is 0.271. The third-order valence-electron chi connectivity index (χ3n) is 2.82. The van der Waals surface area contributed by atoms with Crippen LogP contribution in [0.5, 0.6) is 0 Å². The summed E-state index contributed by atoms with van der Waals surface area (Å²) < 4.78 is 1.88. The lowest BCUT2D eigenvalue weighted by atomic mass is 10.1. The molecule has 0 amide bonds. The van der Waals surface area contributed by atoms with Gasteiger partial charge in [-0.15, -0.1) is 11.3 Å². The summed E-state index contributed by atoms with van der Waals surface area (Å²) in [6.07, 6.45) is 2.11. The molecular formula is C13H19N3S. The molecule has 1 unspecified atom stereocenters. The van der Waals surface area contributed by atoms with E-state index in [0.29, 0.717) is 0 Å². The second-order valence-corrected chi connectivity index (χ2v) is 5.60. The van der Waals surface area contributed by atoms with Crippen LogP contribution in [0.3, 0.4) is 0 Å². The highest BCUT2D eigenvalue weighted by Crippen LogP contribution is 2.29. The van der Waals surface area contributed by atoms with Crippen molar-refractivity contribution in [2.45, 2.75) is 26.8 Å². The fourth-order valence-corrected chi connectivity index (χ4v) is 3.05. The molecule has 0 spiro atoms. The quantitative estimate of drug-likeness (QED) is 0.903. The van der Waals surface area contributed by atoms with Crippen molar-refractivity contribution in [3.05, 3.63) is 39.3 Å². The molecular weight excluding hydrogens is 230 g/mol. The maximum atomic E-state index is 4.43. The van der Waals surface area contributed by atoms with Gasteiger partial charge >= 0.3 is 0 Å². The Morgan fingerprint density at radius 1 is 1.41 bits per heavy atom. The molecule has 2 heterocycles.